The molecule has 0 aromatic heterocycles. The summed E-state index contributed by atoms with van der Waals surface area (Å²) in [6, 6.07) is 12.7. The maximum Gasteiger partial charge on any atom is 0.245 e. The van der Waals surface area contributed by atoms with Gasteiger partial charge in [-0.3, -0.25) is 9.52 Å². The summed E-state index contributed by atoms with van der Waals surface area (Å²) in [6.07, 6.45) is 0. The number of rotatable bonds is 7. The van der Waals surface area contributed by atoms with Crippen LogP contribution < -0.4 is 25.2 Å². The van der Waals surface area contributed by atoms with Gasteiger partial charge in [0.1, 0.15) is 23.9 Å². The lowest BCUT2D eigenvalue weighted by Crippen LogP contribution is -2.40. The van der Waals surface area contributed by atoms with Gasteiger partial charge in [0.2, 0.25) is 17.1 Å². The van der Waals surface area contributed by atoms with E-state index < -0.39 is 16.6 Å². The quantitative estimate of drug-likeness (QED) is 0.604. The van der Waals surface area contributed by atoms with Gasteiger partial charge in [0.25, 0.3) is 0 Å². The molecule has 1 unspecified atom stereocenters. The van der Waals surface area contributed by atoms with Crippen molar-refractivity contribution in [2.24, 2.45) is 15.5 Å². The third kappa shape index (κ3) is 6.21. The molecule has 4 N–H and O–H groups in total. The lowest BCUT2D eigenvalue weighted by molar-refractivity contribution is -0.131. The maximum atomic E-state index is 12.7. The van der Waals surface area contributed by atoms with E-state index in [1.54, 1.807) is 39.2 Å². The Morgan fingerprint density at radius 3 is 2.52 bits per heavy atom. The van der Waals surface area contributed by atoms with E-state index in [2.05, 4.69) is 14.4 Å². The molecular formula is C22H30N4O4S. The average molecular weight is 447 g/mol. The van der Waals surface area contributed by atoms with Gasteiger partial charge in [0, 0.05) is 6.54 Å². The molecule has 0 aliphatic carbocycles. The van der Waals surface area contributed by atoms with Crippen molar-refractivity contribution in [3.63, 3.8) is 0 Å². The first-order chi connectivity index (χ1) is 14.8. The van der Waals surface area contributed by atoms with Crippen LogP contribution in [0.15, 0.2) is 46.9 Å². The monoisotopic (exact) mass is 446 g/mol. The maximum absolute atomic E-state index is 12.7. The smallest absolute Gasteiger partial charge is 0.245 e. The van der Waals surface area contributed by atoms with Crippen LogP contribution in [-0.2, 0) is 22.5 Å². The van der Waals surface area contributed by atoms with E-state index in [1.807, 2.05) is 38.1 Å². The van der Waals surface area contributed by atoms with Crippen molar-refractivity contribution in [1.29, 1.82) is 0 Å². The Kier molecular flexibility index (Phi) is 8.44. The predicted molar refractivity (Wildman–Crippen MR) is 124 cm³/mol. The minimum absolute atomic E-state index is 0.133. The number of carbonyl (C=O) groups excluding carboxylic acids is 1. The molecule has 2 aromatic rings. The number of benzene rings is 2. The highest BCUT2D eigenvalue weighted by molar-refractivity contribution is 7.85. The third-order valence-electron chi connectivity index (χ3n) is 4.48. The summed E-state index contributed by atoms with van der Waals surface area (Å²) in [5, 5.41) is 2.93. The molecule has 1 aliphatic rings. The van der Waals surface area contributed by atoms with E-state index in [-0.39, 0.29) is 18.3 Å². The van der Waals surface area contributed by atoms with E-state index in [0.717, 1.165) is 11.3 Å². The van der Waals surface area contributed by atoms with Crippen molar-refractivity contribution in [3.8, 4) is 11.5 Å². The fourth-order valence-corrected chi connectivity index (χ4v) is 3.42. The van der Waals surface area contributed by atoms with Crippen LogP contribution in [0.5, 0.6) is 11.5 Å². The molecule has 1 heterocycles. The summed E-state index contributed by atoms with van der Waals surface area (Å²) >= 11 is -1.61. The third-order valence-corrected chi connectivity index (χ3v) is 5.23. The Hall–Kier alpha value is -3.07. The summed E-state index contributed by atoms with van der Waals surface area (Å²) in [6.45, 7) is 8.14. The number of amidine groups is 1. The first-order valence-corrected chi connectivity index (χ1v) is 11.1. The number of methoxy groups -OCH3 is 1. The zero-order valence-corrected chi connectivity index (χ0v) is 19.3. The molecule has 0 radical (unpaired) electrons. The summed E-state index contributed by atoms with van der Waals surface area (Å²) in [4.78, 5) is 12.7. The molecule has 0 saturated carbocycles. The van der Waals surface area contributed by atoms with Crippen LogP contribution in [0.3, 0.4) is 0 Å². The number of anilines is 1. The van der Waals surface area contributed by atoms with E-state index in [0.29, 0.717) is 23.5 Å². The Morgan fingerprint density at radius 1 is 1.19 bits per heavy atom. The zero-order chi connectivity index (χ0) is 23.0. The van der Waals surface area contributed by atoms with Crippen LogP contribution in [-0.4, -0.2) is 29.7 Å². The van der Waals surface area contributed by atoms with E-state index in [9.17, 15) is 9.00 Å². The zero-order valence-electron chi connectivity index (χ0n) is 18.5. The van der Waals surface area contributed by atoms with Crippen molar-refractivity contribution in [1.82, 2.24) is 5.32 Å². The van der Waals surface area contributed by atoms with Gasteiger partial charge in [-0.25, -0.2) is 4.21 Å². The molecule has 8 nitrogen and oxygen atoms in total. The van der Waals surface area contributed by atoms with Crippen molar-refractivity contribution in [3.05, 3.63) is 53.6 Å². The lowest BCUT2D eigenvalue weighted by Gasteiger charge is -2.25. The molecule has 0 fully saturated rings. The molecule has 1 atom stereocenters. The Labute approximate surface area is 186 Å². The second-order valence-corrected chi connectivity index (χ2v) is 8.09. The lowest BCUT2D eigenvalue weighted by atomic mass is 9.93. The van der Waals surface area contributed by atoms with Gasteiger partial charge in [-0.15, -0.1) is 0 Å². The first-order valence-electron chi connectivity index (χ1n) is 10.0. The Bertz CT molecular complexity index is 958. The summed E-state index contributed by atoms with van der Waals surface area (Å²) in [7, 11) is 1.61. The fourth-order valence-electron chi connectivity index (χ4n) is 2.74. The molecule has 9 heteroatoms. The topological polar surface area (TPSA) is 115 Å². The van der Waals surface area contributed by atoms with Crippen molar-refractivity contribution in [2.45, 2.75) is 34.2 Å². The average Bonchev–Trinajstić information content (AvgIpc) is 2.77. The van der Waals surface area contributed by atoms with E-state index in [1.165, 1.54) is 0 Å². The van der Waals surface area contributed by atoms with Crippen LogP contribution in [0.4, 0.5) is 5.69 Å². The fraction of sp³-hybridized carbons (Fsp3) is 0.364. The van der Waals surface area contributed by atoms with Crippen molar-refractivity contribution >= 4 is 28.6 Å². The minimum atomic E-state index is -1.61. The van der Waals surface area contributed by atoms with Crippen LogP contribution >= 0.6 is 0 Å². The number of amides is 1. The van der Waals surface area contributed by atoms with Gasteiger partial charge in [-0.2, -0.15) is 4.40 Å². The number of nitrogens with one attached hydrogen (secondary N) is 2. The number of ether oxygens (including phenoxy) is 2. The second kappa shape index (κ2) is 10.8. The van der Waals surface area contributed by atoms with Crippen molar-refractivity contribution < 1.29 is 18.5 Å². The molecule has 1 amide bonds. The number of carbonyl (C=O) groups is 1. The van der Waals surface area contributed by atoms with Crippen LogP contribution in [0, 0.1) is 5.41 Å². The SMILES string of the molecule is CC.COc1ccc(CNC(=O)C(C)(C)COc2cccc3c2C(N)=NS(=O)N3)cc1. The van der Waals surface area contributed by atoms with E-state index >= 15 is 0 Å². The van der Waals surface area contributed by atoms with Gasteiger partial charge in [0.05, 0.1) is 23.8 Å². The molecule has 0 saturated heterocycles. The molecule has 0 bridgehead atoms. The van der Waals surface area contributed by atoms with Crippen LogP contribution in [0.2, 0.25) is 0 Å². The highest BCUT2D eigenvalue weighted by atomic mass is 32.2. The number of nitrogens with zero attached hydrogens (tertiary/aromatic N) is 1. The van der Waals surface area contributed by atoms with Gasteiger partial charge >= 0.3 is 0 Å². The number of nitrogens with two attached hydrogens (primary N) is 1. The standard InChI is InChI=1S/C20H24N4O4S.C2H6/c1-20(2,19(25)22-11-13-7-9-14(27-3)10-8-13)12-28-16-6-4-5-15-17(16)18(21)24-29(26)23-15;1-2/h4-10,23H,11-12H2,1-3H3,(H2,21,24)(H,22,25);1-2H3. The normalized spacial score (nSPS) is 14.7. The van der Waals surface area contributed by atoms with Gasteiger partial charge in [-0.1, -0.05) is 32.0 Å². The molecule has 2 aromatic carbocycles. The largest absolute Gasteiger partial charge is 0.497 e. The molecular weight excluding hydrogens is 416 g/mol. The molecule has 168 valence electrons. The summed E-state index contributed by atoms with van der Waals surface area (Å²) in [5.41, 5.74) is 7.22. The van der Waals surface area contributed by atoms with Gasteiger partial charge in [-0.05, 0) is 43.7 Å². The second-order valence-electron chi connectivity index (χ2n) is 7.21. The summed E-state index contributed by atoms with van der Waals surface area (Å²) in [5.74, 6) is 1.23. The van der Waals surface area contributed by atoms with Gasteiger partial charge < -0.3 is 20.5 Å². The van der Waals surface area contributed by atoms with Gasteiger partial charge in [0.15, 0.2) is 0 Å². The number of hydrogen-bond acceptors (Lipinski definition) is 5. The molecule has 1 aliphatic heterocycles. The predicted octanol–water partition coefficient (Wildman–Crippen LogP) is 3.15. The highest BCUT2D eigenvalue weighted by Crippen LogP contribution is 2.31. The highest BCUT2D eigenvalue weighted by Gasteiger charge is 2.29. The Balaban J connectivity index is 0.00000166. The van der Waals surface area contributed by atoms with E-state index in [4.69, 9.17) is 15.2 Å². The summed E-state index contributed by atoms with van der Waals surface area (Å²) < 4.78 is 29.2. The molecule has 3 rings (SSSR count). The first kappa shape index (κ1) is 24.2. The van der Waals surface area contributed by atoms with Crippen LogP contribution in [0.1, 0.15) is 38.8 Å². The number of fused-ring (bicyclic) bond motifs is 1. The molecule has 31 heavy (non-hydrogen) atoms. The number of hydrogen-bond donors (Lipinski definition) is 3. The van der Waals surface area contributed by atoms with Crippen molar-refractivity contribution in [2.75, 3.05) is 18.4 Å². The van der Waals surface area contributed by atoms with Crippen LogP contribution in [0.25, 0.3) is 0 Å². The Morgan fingerprint density at radius 2 is 1.87 bits per heavy atom. The minimum Gasteiger partial charge on any atom is -0.497 e. The molecule has 0 spiro atoms.